The van der Waals surface area contributed by atoms with Crippen LogP contribution in [0.1, 0.15) is 67.2 Å². The van der Waals surface area contributed by atoms with Crippen molar-refractivity contribution >= 4 is 5.91 Å². The van der Waals surface area contributed by atoms with Crippen molar-refractivity contribution in [2.24, 2.45) is 0 Å². The van der Waals surface area contributed by atoms with E-state index in [2.05, 4.69) is 45.3 Å². The molecule has 2 rings (SSSR count). The molecule has 1 unspecified atom stereocenters. The van der Waals surface area contributed by atoms with Gasteiger partial charge in [0.05, 0.1) is 0 Å². The highest BCUT2D eigenvalue weighted by Crippen LogP contribution is 2.44. The minimum atomic E-state index is -0.678. The number of carbonyl (C=O) groups is 1. The molecule has 2 heterocycles. The number of carbonyl (C=O) groups excluding carboxylic acids is 1. The Balaban J connectivity index is 2.30. The van der Waals surface area contributed by atoms with E-state index in [-0.39, 0.29) is 17.0 Å². The average Bonchev–Trinajstić information content (AvgIpc) is 2.31. The predicted octanol–water partition coefficient (Wildman–Crippen LogP) is 2.33. The molecule has 1 amide bonds. The molecule has 2 aliphatic heterocycles. The number of hydrogen-bond donors (Lipinski definition) is 2. The second-order valence-corrected chi connectivity index (χ2v) is 7.78. The van der Waals surface area contributed by atoms with E-state index in [9.17, 15) is 4.79 Å². The SMILES string of the molecule is CCCC1(C)NC(=O)C2(CC(C)(C)NC(C)(C)C2)O1. The molecule has 0 saturated carbocycles. The van der Waals surface area contributed by atoms with Crippen molar-refractivity contribution in [3.8, 4) is 0 Å². The van der Waals surface area contributed by atoms with Gasteiger partial charge >= 0.3 is 0 Å². The summed E-state index contributed by atoms with van der Waals surface area (Å²) in [5.41, 5.74) is -1.38. The smallest absolute Gasteiger partial charge is 0.254 e. The molecule has 4 heteroatoms. The molecule has 1 atom stereocenters. The summed E-state index contributed by atoms with van der Waals surface area (Å²) in [7, 11) is 0. The molecule has 0 aliphatic carbocycles. The van der Waals surface area contributed by atoms with E-state index in [4.69, 9.17) is 4.74 Å². The third-order valence-corrected chi connectivity index (χ3v) is 4.07. The van der Waals surface area contributed by atoms with Gasteiger partial charge in [0, 0.05) is 23.9 Å². The van der Waals surface area contributed by atoms with E-state index in [1.807, 2.05) is 6.92 Å². The average molecular weight is 268 g/mol. The third-order valence-electron chi connectivity index (χ3n) is 4.07. The van der Waals surface area contributed by atoms with Crippen molar-refractivity contribution in [2.45, 2.75) is 89.6 Å². The number of ether oxygens (including phenoxy) is 1. The topological polar surface area (TPSA) is 50.4 Å². The Bertz CT molecular complexity index is 374. The second kappa shape index (κ2) is 4.19. The summed E-state index contributed by atoms with van der Waals surface area (Å²) in [5, 5.41) is 6.68. The van der Waals surface area contributed by atoms with Crippen molar-refractivity contribution in [1.82, 2.24) is 10.6 Å². The van der Waals surface area contributed by atoms with E-state index in [0.29, 0.717) is 12.8 Å². The van der Waals surface area contributed by atoms with Crippen LogP contribution >= 0.6 is 0 Å². The Morgan fingerprint density at radius 2 is 1.63 bits per heavy atom. The highest BCUT2D eigenvalue weighted by atomic mass is 16.6. The monoisotopic (exact) mass is 268 g/mol. The molecule has 0 radical (unpaired) electrons. The number of nitrogens with one attached hydrogen (secondary N) is 2. The molecule has 2 N–H and O–H groups in total. The Labute approximate surface area is 116 Å². The highest BCUT2D eigenvalue weighted by Gasteiger charge is 2.59. The summed E-state index contributed by atoms with van der Waals surface area (Å²) in [4.78, 5) is 12.6. The van der Waals surface area contributed by atoms with Crippen molar-refractivity contribution in [3.05, 3.63) is 0 Å². The van der Waals surface area contributed by atoms with Gasteiger partial charge in [-0.05, 0) is 41.0 Å². The highest BCUT2D eigenvalue weighted by molar-refractivity contribution is 5.88. The molecule has 1 spiro atoms. The molecule has 2 fully saturated rings. The molecule has 0 aromatic carbocycles. The molecular formula is C15H28N2O2. The van der Waals surface area contributed by atoms with Gasteiger partial charge in [-0.15, -0.1) is 0 Å². The summed E-state index contributed by atoms with van der Waals surface area (Å²) in [5.74, 6) is 0.0612. The maximum absolute atomic E-state index is 12.6. The zero-order valence-corrected chi connectivity index (χ0v) is 13.1. The van der Waals surface area contributed by atoms with Gasteiger partial charge < -0.3 is 15.4 Å². The van der Waals surface area contributed by atoms with Crippen molar-refractivity contribution in [2.75, 3.05) is 0 Å². The van der Waals surface area contributed by atoms with Gasteiger partial charge in [-0.1, -0.05) is 13.3 Å². The first-order chi connectivity index (χ1) is 8.52. The van der Waals surface area contributed by atoms with E-state index < -0.39 is 11.3 Å². The van der Waals surface area contributed by atoms with Gasteiger partial charge in [0.1, 0.15) is 5.72 Å². The van der Waals surface area contributed by atoms with Crippen LogP contribution in [0.15, 0.2) is 0 Å². The van der Waals surface area contributed by atoms with Crippen LogP contribution in [0.3, 0.4) is 0 Å². The summed E-state index contributed by atoms with van der Waals surface area (Å²) < 4.78 is 6.30. The van der Waals surface area contributed by atoms with E-state index >= 15 is 0 Å². The fourth-order valence-corrected chi connectivity index (χ4v) is 4.18. The molecule has 0 aromatic rings. The van der Waals surface area contributed by atoms with Gasteiger partial charge in [-0.3, -0.25) is 4.79 Å². The quantitative estimate of drug-likeness (QED) is 0.808. The van der Waals surface area contributed by atoms with Crippen LogP contribution < -0.4 is 10.6 Å². The molecule has 0 aromatic heterocycles. The lowest BCUT2D eigenvalue weighted by Crippen LogP contribution is -2.65. The Kier molecular flexibility index (Phi) is 3.26. The maximum atomic E-state index is 12.6. The predicted molar refractivity (Wildman–Crippen MR) is 75.8 cm³/mol. The number of rotatable bonds is 2. The van der Waals surface area contributed by atoms with Crippen LogP contribution in [0.5, 0.6) is 0 Å². The van der Waals surface area contributed by atoms with Crippen molar-refractivity contribution < 1.29 is 9.53 Å². The number of piperidine rings is 1. The zero-order valence-electron chi connectivity index (χ0n) is 13.1. The maximum Gasteiger partial charge on any atom is 0.254 e. The Morgan fingerprint density at radius 1 is 1.11 bits per heavy atom. The van der Waals surface area contributed by atoms with Crippen LogP contribution in [-0.2, 0) is 9.53 Å². The minimum absolute atomic E-state index is 0.0612. The standard InChI is InChI=1S/C15H28N2O2/c1-7-8-14(6)16-11(18)15(19-14)9-12(2,3)17-13(4,5)10-15/h17H,7-10H2,1-6H3,(H,16,18). The van der Waals surface area contributed by atoms with Crippen LogP contribution in [0.25, 0.3) is 0 Å². The van der Waals surface area contributed by atoms with Crippen LogP contribution in [0.2, 0.25) is 0 Å². The lowest BCUT2D eigenvalue weighted by Gasteiger charge is -2.50. The first-order valence-corrected chi connectivity index (χ1v) is 7.34. The van der Waals surface area contributed by atoms with E-state index in [0.717, 1.165) is 12.8 Å². The lowest BCUT2D eigenvalue weighted by molar-refractivity contribution is -0.159. The molecule has 4 nitrogen and oxygen atoms in total. The molecule has 19 heavy (non-hydrogen) atoms. The summed E-state index contributed by atoms with van der Waals surface area (Å²) >= 11 is 0. The van der Waals surface area contributed by atoms with E-state index in [1.54, 1.807) is 0 Å². The van der Waals surface area contributed by atoms with Gasteiger partial charge in [0.15, 0.2) is 5.60 Å². The Hall–Kier alpha value is -0.610. The number of hydrogen-bond acceptors (Lipinski definition) is 3. The van der Waals surface area contributed by atoms with Gasteiger partial charge in [-0.25, -0.2) is 0 Å². The third kappa shape index (κ3) is 2.79. The van der Waals surface area contributed by atoms with Crippen LogP contribution in [0, 0.1) is 0 Å². The second-order valence-electron chi connectivity index (χ2n) is 7.78. The normalized spacial score (nSPS) is 35.4. The molecule has 2 aliphatic rings. The van der Waals surface area contributed by atoms with Crippen molar-refractivity contribution in [1.29, 1.82) is 0 Å². The van der Waals surface area contributed by atoms with Gasteiger partial charge in [-0.2, -0.15) is 0 Å². The lowest BCUT2D eigenvalue weighted by atomic mass is 9.72. The summed E-state index contributed by atoms with van der Waals surface area (Å²) in [6.45, 7) is 12.7. The Morgan fingerprint density at radius 3 is 2.11 bits per heavy atom. The summed E-state index contributed by atoms with van der Waals surface area (Å²) in [6.07, 6.45) is 3.29. The van der Waals surface area contributed by atoms with E-state index in [1.165, 1.54) is 0 Å². The molecule has 110 valence electrons. The van der Waals surface area contributed by atoms with Gasteiger partial charge in [0.2, 0.25) is 0 Å². The fraction of sp³-hybridized carbons (Fsp3) is 0.933. The minimum Gasteiger partial charge on any atom is -0.340 e. The van der Waals surface area contributed by atoms with Crippen LogP contribution in [-0.4, -0.2) is 28.3 Å². The fourth-order valence-electron chi connectivity index (χ4n) is 4.18. The van der Waals surface area contributed by atoms with Crippen LogP contribution in [0.4, 0.5) is 0 Å². The first-order valence-electron chi connectivity index (χ1n) is 7.34. The van der Waals surface area contributed by atoms with Crippen molar-refractivity contribution in [3.63, 3.8) is 0 Å². The molecule has 2 saturated heterocycles. The van der Waals surface area contributed by atoms with Gasteiger partial charge in [0.25, 0.3) is 5.91 Å². The first kappa shape index (κ1) is 14.8. The number of amides is 1. The molecular weight excluding hydrogens is 240 g/mol. The zero-order chi connectivity index (χ0) is 14.5. The molecule has 0 bridgehead atoms. The largest absolute Gasteiger partial charge is 0.340 e. The summed E-state index contributed by atoms with van der Waals surface area (Å²) in [6, 6.07) is 0.